The van der Waals surface area contributed by atoms with E-state index in [0.29, 0.717) is 6.61 Å². The molecule has 0 heterocycles. The van der Waals surface area contributed by atoms with Crippen molar-refractivity contribution in [2.24, 2.45) is 5.73 Å². The predicted octanol–water partition coefficient (Wildman–Crippen LogP) is 1.01. The van der Waals surface area contributed by atoms with Crippen molar-refractivity contribution < 1.29 is 14.3 Å². The number of rotatable bonds is 7. The normalized spacial score (nSPS) is 12.8. The van der Waals surface area contributed by atoms with Gasteiger partial charge in [-0.05, 0) is 26.3 Å². The van der Waals surface area contributed by atoms with Gasteiger partial charge in [-0.25, -0.2) is 0 Å². The molecule has 1 aromatic carbocycles. The number of ether oxygens (including phenoxy) is 1. The van der Waals surface area contributed by atoms with Crippen LogP contribution in [0.15, 0.2) is 30.3 Å². The maximum Gasteiger partial charge on any atom is 0.240 e. The molecule has 1 aromatic rings. The van der Waals surface area contributed by atoms with Crippen LogP contribution in [0.2, 0.25) is 0 Å². The van der Waals surface area contributed by atoms with Crippen LogP contribution >= 0.6 is 0 Å². The molecule has 0 aromatic heterocycles. The van der Waals surface area contributed by atoms with Gasteiger partial charge in [-0.1, -0.05) is 30.3 Å². The van der Waals surface area contributed by atoms with Gasteiger partial charge < -0.3 is 15.8 Å². The predicted molar refractivity (Wildman–Crippen MR) is 77.0 cm³/mol. The summed E-state index contributed by atoms with van der Waals surface area (Å²) in [6.07, 6.45) is 0. The van der Waals surface area contributed by atoms with Gasteiger partial charge in [0.2, 0.25) is 5.91 Å². The molecule has 1 atom stereocenters. The van der Waals surface area contributed by atoms with Gasteiger partial charge >= 0.3 is 0 Å². The lowest BCUT2D eigenvalue weighted by molar-refractivity contribution is -0.131. The number of nitrogens with two attached hydrogens (primary N) is 1. The van der Waals surface area contributed by atoms with Crippen molar-refractivity contribution in [3.05, 3.63) is 35.9 Å². The maximum atomic E-state index is 11.8. The molecule has 3 N–H and O–H groups in total. The van der Waals surface area contributed by atoms with Gasteiger partial charge in [0.1, 0.15) is 6.04 Å². The Labute approximate surface area is 119 Å². The molecule has 1 amide bonds. The van der Waals surface area contributed by atoms with Crippen molar-refractivity contribution in [2.45, 2.75) is 39.0 Å². The largest absolute Gasteiger partial charge is 0.374 e. The Balaban J connectivity index is 2.48. The summed E-state index contributed by atoms with van der Waals surface area (Å²) in [6, 6.07) is 8.95. The Hall–Kier alpha value is -1.72. The summed E-state index contributed by atoms with van der Waals surface area (Å²) < 4.78 is 5.48. The monoisotopic (exact) mass is 278 g/mol. The molecule has 0 unspecified atom stereocenters. The molecule has 0 fully saturated rings. The van der Waals surface area contributed by atoms with Gasteiger partial charge in [0, 0.05) is 0 Å². The molecule has 110 valence electrons. The number of carbonyl (C=O) groups is 2. The van der Waals surface area contributed by atoms with Crippen LogP contribution in [0.3, 0.4) is 0 Å². The highest BCUT2D eigenvalue weighted by Crippen LogP contribution is 2.03. The van der Waals surface area contributed by atoms with E-state index < -0.39 is 11.6 Å². The topological polar surface area (TPSA) is 81.4 Å². The third kappa shape index (κ3) is 5.50. The van der Waals surface area contributed by atoms with Crippen molar-refractivity contribution in [3.63, 3.8) is 0 Å². The Kier molecular flexibility index (Phi) is 5.85. The average molecular weight is 278 g/mol. The lowest BCUT2D eigenvalue weighted by atomic mass is 10.1. The molecule has 1 rings (SSSR count). The van der Waals surface area contributed by atoms with Crippen molar-refractivity contribution in [1.29, 1.82) is 0 Å². The van der Waals surface area contributed by atoms with Crippen LogP contribution in [0.5, 0.6) is 0 Å². The first-order valence-electron chi connectivity index (χ1n) is 6.52. The molecule has 5 heteroatoms. The fraction of sp³-hybridized carbons (Fsp3) is 0.467. The molecule has 0 radical (unpaired) electrons. The van der Waals surface area contributed by atoms with Crippen LogP contribution in [0, 0.1) is 0 Å². The second-order valence-corrected chi connectivity index (χ2v) is 5.36. The number of amides is 1. The minimum absolute atomic E-state index is 0.131. The van der Waals surface area contributed by atoms with E-state index >= 15 is 0 Å². The summed E-state index contributed by atoms with van der Waals surface area (Å²) in [5, 5.41) is 2.60. The summed E-state index contributed by atoms with van der Waals surface area (Å²) in [4.78, 5) is 23.3. The number of benzene rings is 1. The maximum absolute atomic E-state index is 11.8. The van der Waals surface area contributed by atoms with Crippen LogP contribution in [-0.2, 0) is 20.9 Å². The lowest BCUT2D eigenvalue weighted by Gasteiger charge is -2.22. The Morgan fingerprint density at radius 2 is 1.90 bits per heavy atom. The molecular formula is C15H22N2O3. The first-order valence-corrected chi connectivity index (χ1v) is 6.52. The minimum Gasteiger partial charge on any atom is -0.374 e. The fourth-order valence-electron chi connectivity index (χ4n) is 1.47. The van der Waals surface area contributed by atoms with Gasteiger partial charge in [-0.15, -0.1) is 0 Å². The molecular weight excluding hydrogens is 256 g/mol. The quantitative estimate of drug-likeness (QED) is 0.780. The van der Waals surface area contributed by atoms with Gasteiger partial charge in [-0.3, -0.25) is 9.59 Å². The Bertz CT molecular complexity index is 452. The highest BCUT2D eigenvalue weighted by Gasteiger charge is 2.26. The number of carbonyl (C=O) groups excluding carboxylic acids is 2. The number of hydrogen-bond acceptors (Lipinski definition) is 4. The summed E-state index contributed by atoms with van der Waals surface area (Å²) in [5.41, 5.74) is 5.68. The van der Waals surface area contributed by atoms with Gasteiger partial charge in [0.25, 0.3) is 0 Å². The number of hydrogen-bond donors (Lipinski definition) is 2. The average Bonchev–Trinajstić information content (AvgIpc) is 2.37. The van der Waals surface area contributed by atoms with Crippen molar-refractivity contribution in [3.8, 4) is 0 Å². The summed E-state index contributed by atoms with van der Waals surface area (Å²) in [6.45, 7) is 5.12. The van der Waals surface area contributed by atoms with E-state index in [1.165, 1.54) is 6.92 Å². The highest BCUT2D eigenvalue weighted by molar-refractivity contribution is 5.91. The van der Waals surface area contributed by atoms with Crippen LogP contribution < -0.4 is 11.1 Å². The smallest absolute Gasteiger partial charge is 0.240 e. The van der Waals surface area contributed by atoms with E-state index in [0.717, 1.165) is 5.56 Å². The van der Waals surface area contributed by atoms with E-state index in [-0.39, 0.29) is 18.3 Å². The first-order chi connectivity index (χ1) is 9.30. The summed E-state index contributed by atoms with van der Waals surface area (Å²) in [7, 11) is 0. The van der Waals surface area contributed by atoms with Gasteiger partial charge in [0.15, 0.2) is 5.78 Å². The molecule has 0 spiro atoms. The molecule has 0 aliphatic rings. The Morgan fingerprint density at radius 3 is 2.40 bits per heavy atom. The fourth-order valence-corrected chi connectivity index (χ4v) is 1.47. The molecule has 0 saturated heterocycles. The van der Waals surface area contributed by atoms with Crippen molar-refractivity contribution in [1.82, 2.24) is 5.32 Å². The molecule has 0 bridgehead atoms. The van der Waals surface area contributed by atoms with Gasteiger partial charge in [0.05, 0.1) is 18.8 Å². The zero-order valence-corrected chi connectivity index (χ0v) is 12.2. The van der Waals surface area contributed by atoms with E-state index in [4.69, 9.17) is 10.5 Å². The van der Waals surface area contributed by atoms with Crippen LogP contribution in [-0.4, -0.2) is 29.9 Å². The number of ketones is 1. The first kappa shape index (κ1) is 16.3. The van der Waals surface area contributed by atoms with Crippen molar-refractivity contribution >= 4 is 11.7 Å². The number of Topliss-reactive ketones (excluding diaryl/α,β-unsaturated/α-hetero) is 1. The summed E-state index contributed by atoms with van der Waals surface area (Å²) in [5.74, 6) is -0.531. The van der Waals surface area contributed by atoms with Crippen LogP contribution in [0.1, 0.15) is 26.3 Å². The molecule has 0 aliphatic heterocycles. The zero-order valence-electron chi connectivity index (χ0n) is 12.2. The molecule has 0 saturated carbocycles. The van der Waals surface area contributed by atoms with Gasteiger partial charge in [-0.2, -0.15) is 0 Å². The highest BCUT2D eigenvalue weighted by atomic mass is 16.5. The SMILES string of the molecule is CC(=O)[C@@H](COCc1ccccc1)NC(=O)C(C)(C)N. The van der Waals surface area contributed by atoms with E-state index in [9.17, 15) is 9.59 Å². The molecule has 20 heavy (non-hydrogen) atoms. The van der Waals surface area contributed by atoms with E-state index in [2.05, 4.69) is 5.32 Å². The number of nitrogens with one attached hydrogen (secondary N) is 1. The Morgan fingerprint density at radius 1 is 1.30 bits per heavy atom. The molecule has 0 aliphatic carbocycles. The standard InChI is InChI=1S/C15H22N2O3/c1-11(18)13(17-14(19)15(2,3)16)10-20-9-12-7-5-4-6-8-12/h4-8,13H,9-10,16H2,1-3H3,(H,17,19)/t13-/m1/s1. The van der Waals surface area contributed by atoms with E-state index in [1.54, 1.807) is 13.8 Å². The third-order valence-corrected chi connectivity index (χ3v) is 2.78. The second kappa shape index (κ2) is 7.17. The second-order valence-electron chi connectivity index (χ2n) is 5.36. The molecule has 5 nitrogen and oxygen atoms in total. The van der Waals surface area contributed by atoms with E-state index in [1.807, 2.05) is 30.3 Å². The van der Waals surface area contributed by atoms with Crippen molar-refractivity contribution in [2.75, 3.05) is 6.61 Å². The lowest BCUT2D eigenvalue weighted by Crippen LogP contribution is -2.54. The van der Waals surface area contributed by atoms with Crippen LogP contribution in [0.25, 0.3) is 0 Å². The summed E-state index contributed by atoms with van der Waals surface area (Å²) >= 11 is 0. The minimum atomic E-state index is -1.02. The van der Waals surface area contributed by atoms with Crippen LogP contribution in [0.4, 0.5) is 0 Å². The zero-order chi connectivity index (χ0) is 15.2. The third-order valence-electron chi connectivity index (χ3n) is 2.78.